The minimum absolute atomic E-state index is 0.103. The summed E-state index contributed by atoms with van der Waals surface area (Å²) in [4.78, 5) is 25.7. The SMILES string of the molecule is Cc1c(-c2ccc(S(C)(=O)=O)cc2)[nH]n(CC(C)(C)C2CCN(C(=O)O)CC2)c1=O. The Morgan fingerprint density at radius 3 is 2.27 bits per heavy atom. The molecule has 1 aromatic heterocycles. The van der Waals surface area contributed by atoms with E-state index in [9.17, 15) is 18.0 Å². The van der Waals surface area contributed by atoms with E-state index in [0.29, 0.717) is 36.8 Å². The summed E-state index contributed by atoms with van der Waals surface area (Å²) in [6.07, 6.45) is 1.82. The van der Waals surface area contributed by atoms with Gasteiger partial charge in [0.25, 0.3) is 5.56 Å². The molecule has 1 aromatic carbocycles. The van der Waals surface area contributed by atoms with E-state index < -0.39 is 15.9 Å². The molecule has 2 N–H and O–H groups in total. The Balaban J connectivity index is 1.81. The molecule has 0 radical (unpaired) electrons. The zero-order chi connectivity index (χ0) is 22.3. The van der Waals surface area contributed by atoms with Gasteiger partial charge in [0.2, 0.25) is 0 Å². The lowest BCUT2D eigenvalue weighted by Gasteiger charge is -2.39. The van der Waals surface area contributed by atoms with Crippen LogP contribution in [0.15, 0.2) is 34.0 Å². The lowest BCUT2D eigenvalue weighted by Crippen LogP contribution is -2.43. The monoisotopic (exact) mass is 435 g/mol. The zero-order valence-electron chi connectivity index (χ0n) is 17.8. The molecule has 1 amide bonds. The number of H-pyrrole nitrogens is 1. The highest BCUT2D eigenvalue weighted by Crippen LogP contribution is 2.36. The number of piperidine rings is 1. The molecule has 2 aromatic rings. The number of sulfone groups is 1. The van der Waals surface area contributed by atoms with Gasteiger partial charge in [-0.2, -0.15) is 0 Å². The Morgan fingerprint density at radius 2 is 1.77 bits per heavy atom. The molecule has 1 aliphatic heterocycles. The maximum Gasteiger partial charge on any atom is 0.407 e. The zero-order valence-corrected chi connectivity index (χ0v) is 18.6. The van der Waals surface area contributed by atoms with Crippen molar-refractivity contribution >= 4 is 15.9 Å². The second-order valence-corrected chi connectivity index (χ2v) is 10.8. The average molecular weight is 436 g/mol. The van der Waals surface area contributed by atoms with Gasteiger partial charge in [-0.1, -0.05) is 26.0 Å². The van der Waals surface area contributed by atoms with Crippen molar-refractivity contribution < 1.29 is 18.3 Å². The third-order valence-corrected chi connectivity index (χ3v) is 7.32. The maximum absolute atomic E-state index is 12.8. The smallest absolute Gasteiger partial charge is 0.407 e. The number of amides is 1. The topological polar surface area (TPSA) is 112 Å². The van der Waals surface area contributed by atoms with Crippen molar-refractivity contribution in [3.05, 3.63) is 40.2 Å². The third kappa shape index (κ3) is 4.45. The molecular weight excluding hydrogens is 406 g/mol. The third-order valence-electron chi connectivity index (χ3n) is 6.20. The van der Waals surface area contributed by atoms with Gasteiger partial charge in [-0.3, -0.25) is 14.6 Å². The fraction of sp³-hybridized carbons (Fsp3) is 0.524. The summed E-state index contributed by atoms with van der Waals surface area (Å²) >= 11 is 0. The van der Waals surface area contributed by atoms with Gasteiger partial charge >= 0.3 is 6.09 Å². The first-order chi connectivity index (χ1) is 13.9. The van der Waals surface area contributed by atoms with Gasteiger partial charge in [-0.25, -0.2) is 13.2 Å². The van der Waals surface area contributed by atoms with Gasteiger partial charge in [0.1, 0.15) is 0 Å². The van der Waals surface area contributed by atoms with Crippen LogP contribution in [0.4, 0.5) is 4.79 Å². The highest BCUT2D eigenvalue weighted by atomic mass is 32.2. The molecule has 1 saturated heterocycles. The standard InChI is InChI=1S/C21H29N3O5S/c1-14-18(15-5-7-17(8-6-15)30(4,28)29)22-24(19(14)25)13-21(2,3)16-9-11-23(12-10-16)20(26)27/h5-8,16,22H,9-13H2,1-4H3,(H,26,27). The largest absolute Gasteiger partial charge is 0.465 e. The summed E-state index contributed by atoms with van der Waals surface area (Å²) in [7, 11) is -3.28. The molecule has 0 atom stereocenters. The first kappa shape index (κ1) is 22.1. The number of hydrogen-bond acceptors (Lipinski definition) is 4. The molecule has 0 bridgehead atoms. The minimum Gasteiger partial charge on any atom is -0.465 e. The molecular formula is C21H29N3O5S. The van der Waals surface area contributed by atoms with E-state index in [-0.39, 0.29) is 15.9 Å². The van der Waals surface area contributed by atoms with Crippen molar-refractivity contribution in [2.24, 2.45) is 11.3 Å². The summed E-state index contributed by atoms with van der Waals surface area (Å²) in [5.74, 6) is 0.307. The quantitative estimate of drug-likeness (QED) is 0.750. The maximum atomic E-state index is 12.8. The first-order valence-electron chi connectivity index (χ1n) is 9.98. The van der Waals surface area contributed by atoms with Crippen LogP contribution in [0.1, 0.15) is 32.3 Å². The van der Waals surface area contributed by atoms with E-state index in [2.05, 4.69) is 18.9 Å². The van der Waals surface area contributed by atoms with E-state index in [1.807, 2.05) is 0 Å². The summed E-state index contributed by atoms with van der Waals surface area (Å²) < 4.78 is 25.0. The van der Waals surface area contributed by atoms with E-state index in [0.717, 1.165) is 24.7 Å². The number of nitrogens with zero attached hydrogens (tertiary/aromatic N) is 2. The van der Waals surface area contributed by atoms with Crippen molar-refractivity contribution in [1.82, 2.24) is 14.7 Å². The van der Waals surface area contributed by atoms with Crippen LogP contribution >= 0.6 is 0 Å². The van der Waals surface area contributed by atoms with Crippen LogP contribution in [0.3, 0.4) is 0 Å². The lowest BCUT2D eigenvalue weighted by atomic mass is 9.73. The molecule has 2 heterocycles. The Bertz CT molecular complexity index is 1090. The number of hydrogen-bond donors (Lipinski definition) is 2. The molecule has 0 saturated carbocycles. The molecule has 1 fully saturated rings. The molecule has 30 heavy (non-hydrogen) atoms. The number of rotatable bonds is 5. The average Bonchev–Trinajstić information content (AvgIpc) is 2.95. The number of benzene rings is 1. The second kappa shape index (κ2) is 7.94. The fourth-order valence-electron chi connectivity index (χ4n) is 4.23. The van der Waals surface area contributed by atoms with Gasteiger partial charge in [0.15, 0.2) is 9.84 Å². The molecule has 164 valence electrons. The number of carboxylic acid groups (broad SMARTS) is 1. The second-order valence-electron chi connectivity index (χ2n) is 8.83. The molecule has 1 aliphatic rings. The molecule has 9 heteroatoms. The minimum atomic E-state index is -3.28. The van der Waals surface area contributed by atoms with Crippen molar-refractivity contribution in [1.29, 1.82) is 0 Å². The van der Waals surface area contributed by atoms with E-state index in [1.54, 1.807) is 35.9 Å². The Hall–Kier alpha value is -2.55. The highest BCUT2D eigenvalue weighted by molar-refractivity contribution is 7.90. The number of aromatic amines is 1. The van der Waals surface area contributed by atoms with Crippen LogP contribution in [0.25, 0.3) is 11.3 Å². The Kier molecular flexibility index (Phi) is 5.86. The van der Waals surface area contributed by atoms with Crippen molar-refractivity contribution in [2.75, 3.05) is 19.3 Å². The Labute approximate surface area is 176 Å². The number of likely N-dealkylation sites (tertiary alicyclic amines) is 1. The van der Waals surface area contributed by atoms with Crippen LogP contribution < -0.4 is 5.56 Å². The molecule has 0 spiro atoms. The van der Waals surface area contributed by atoms with E-state index >= 15 is 0 Å². The predicted octanol–water partition coefficient (Wildman–Crippen LogP) is 2.97. The van der Waals surface area contributed by atoms with E-state index in [4.69, 9.17) is 5.11 Å². The van der Waals surface area contributed by atoms with Gasteiger partial charge in [-0.05, 0) is 48.8 Å². The Morgan fingerprint density at radius 1 is 1.20 bits per heavy atom. The number of nitrogens with one attached hydrogen (secondary N) is 1. The fourth-order valence-corrected chi connectivity index (χ4v) is 4.86. The van der Waals surface area contributed by atoms with Crippen molar-refractivity contribution in [3.63, 3.8) is 0 Å². The predicted molar refractivity (Wildman–Crippen MR) is 114 cm³/mol. The summed E-state index contributed by atoms with van der Waals surface area (Å²) in [6, 6.07) is 6.48. The van der Waals surface area contributed by atoms with Crippen LogP contribution in [0.5, 0.6) is 0 Å². The number of carbonyl (C=O) groups is 1. The van der Waals surface area contributed by atoms with Crippen molar-refractivity contribution in [2.45, 2.75) is 45.1 Å². The van der Waals surface area contributed by atoms with Gasteiger partial charge in [0.05, 0.1) is 10.6 Å². The molecule has 3 rings (SSSR count). The summed E-state index contributed by atoms with van der Waals surface area (Å²) in [5, 5.41) is 12.3. The summed E-state index contributed by atoms with van der Waals surface area (Å²) in [5.41, 5.74) is 1.72. The van der Waals surface area contributed by atoms with Crippen molar-refractivity contribution in [3.8, 4) is 11.3 Å². The summed E-state index contributed by atoms with van der Waals surface area (Å²) in [6.45, 7) is 7.49. The van der Waals surface area contributed by atoms with Crippen LogP contribution in [0.2, 0.25) is 0 Å². The molecule has 0 aliphatic carbocycles. The van der Waals surface area contributed by atoms with Gasteiger partial charge < -0.3 is 10.0 Å². The van der Waals surface area contributed by atoms with E-state index in [1.165, 1.54) is 4.90 Å². The van der Waals surface area contributed by atoms with Crippen LogP contribution in [-0.2, 0) is 16.4 Å². The van der Waals surface area contributed by atoms with Gasteiger partial charge in [0, 0.05) is 31.5 Å². The lowest BCUT2D eigenvalue weighted by molar-refractivity contribution is 0.0770. The van der Waals surface area contributed by atoms with Crippen LogP contribution in [-0.4, -0.2) is 53.6 Å². The normalized spacial score (nSPS) is 16.1. The number of aromatic nitrogens is 2. The van der Waals surface area contributed by atoms with Gasteiger partial charge in [-0.15, -0.1) is 0 Å². The van der Waals surface area contributed by atoms with Crippen LogP contribution in [0, 0.1) is 18.3 Å². The molecule has 8 nitrogen and oxygen atoms in total. The molecule has 0 unspecified atom stereocenters. The highest BCUT2D eigenvalue weighted by Gasteiger charge is 2.34. The first-order valence-corrected chi connectivity index (χ1v) is 11.9.